The molecule has 0 radical (unpaired) electrons. The zero-order valence-electron chi connectivity index (χ0n) is 13.8. The molecule has 3 rings (SSSR count). The summed E-state index contributed by atoms with van der Waals surface area (Å²) in [5.74, 6) is 0.145. The van der Waals surface area contributed by atoms with Crippen LogP contribution < -0.4 is 9.47 Å². The third-order valence-corrected chi connectivity index (χ3v) is 3.66. The molecule has 1 heterocycles. The molecular weight excluding hydrogens is 334 g/mol. The van der Waals surface area contributed by atoms with E-state index in [-0.39, 0.29) is 12.4 Å². The second-order valence-electron chi connectivity index (χ2n) is 5.46. The summed E-state index contributed by atoms with van der Waals surface area (Å²) < 4.78 is 15.8. The minimum absolute atomic E-state index is 0.331. The second kappa shape index (κ2) is 7.99. The van der Waals surface area contributed by atoms with Gasteiger partial charge in [0.1, 0.15) is 13.2 Å². The number of hydrogen-bond donors (Lipinski definition) is 0. The molecule has 0 unspecified atom stereocenters. The van der Waals surface area contributed by atoms with Gasteiger partial charge in [-0.05, 0) is 42.0 Å². The van der Waals surface area contributed by atoms with Crippen molar-refractivity contribution >= 4 is 17.8 Å². The number of rotatable bonds is 5. The van der Waals surface area contributed by atoms with Gasteiger partial charge in [0, 0.05) is 11.6 Å². The van der Waals surface area contributed by atoms with E-state index in [1.165, 1.54) is 6.08 Å². The highest BCUT2D eigenvalue weighted by molar-refractivity contribution is 5.99. The van der Waals surface area contributed by atoms with Gasteiger partial charge in [-0.15, -0.1) is 0 Å². The van der Waals surface area contributed by atoms with Crippen LogP contribution in [0.3, 0.4) is 0 Å². The Labute approximate surface area is 150 Å². The predicted molar refractivity (Wildman–Crippen MR) is 92.9 cm³/mol. The molecule has 0 spiro atoms. The van der Waals surface area contributed by atoms with Gasteiger partial charge in [-0.3, -0.25) is 4.79 Å². The fourth-order valence-electron chi connectivity index (χ4n) is 2.32. The van der Waals surface area contributed by atoms with E-state index in [2.05, 4.69) is 0 Å². The van der Waals surface area contributed by atoms with Gasteiger partial charge in [0.25, 0.3) is 0 Å². The van der Waals surface area contributed by atoms with Gasteiger partial charge in [0.05, 0.1) is 11.6 Å². The Morgan fingerprint density at radius 2 is 1.81 bits per heavy atom. The van der Waals surface area contributed by atoms with E-state index in [4.69, 9.17) is 19.5 Å². The van der Waals surface area contributed by atoms with Gasteiger partial charge in [-0.2, -0.15) is 5.26 Å². The van der Waals surface area contributed by atoms with Crippen LogP contribution in [0.25, 0.3) is 6.08 Å². The SMILES string of the molecule is N#Cc1ccc(/C=C/C(=O)OCC(=O)c2ccc3c(c2)OCCO3)cc1. The number of ether oxygens (including phenoxy) is 3. The highest BCUT2D eigenvalue weighted by Crippen LogP contribution is 2.30. The maximum atomic E-state index is 12.2. The summed E-state index contributed by atoms with van der Waals surface area (Å²) in [6.07, 6.45) is 2.79. The summed E-state index contributed by atoms with van der Waals surface area (Å²) in [5.41, 5.74) is 1.67. The molecule has 130 valence electrons. The van der Waals surface area contributed by atoms with Crippen LogP contribution in [0.5, 0.6) is 11.5 Å². The summed E-state index contributed by atoms with van der Waals surface area (Å²) in [4.78, 5) is 23.9. The number of benzene rings is 2. The van der Waals surface area contributed by atoms with Gasteiger partial charge in [-0.1, -0.05) is 12.1 Å². The first-order valence-corrected chi connectivity index (χ1v) is 7.93. The van der Waals surface area contributed by atoms with E-state index in [9.17, 15) is 9.59 Å². The van der Waals surface area contributed by atoms with Crippen LogP contribution in [0.2, 0.25) is 0 Å². The quantitative estimate of drug-likeness (QED) is 0.469. The smallest absolute Gasteiger partial charge is 0.331 e. The third-order valence-electron chi connectivity index (χ3n) is 3.66. The molecule has 0 aromatic heterocycles. The predicted octanol–water partition coefficient (Wildman–Crippen LogP) is 2.77. The summed E-state index contributed by atoms with van der Waals surface area (Å²) in [6, 6.07) is 13.6. The molecule has 6 heteroatoms. The van der Waals surface area contributed by atoms with Crippen molar-refractivity contribution in [3.05, 3.63) is 65.2 Å². The molecule has 6 nitrogen and oxygen atoms in total. The monoisotopic (exact) mass is 349 g/mol. The number of carbonyl (C=O) groups is 2. The first-order valence-electron chi connectivity index (χ1n) is 7.93. The molecule has 26 heavy (non-hydrogen) atoms. The molecule has 2 aromatic rings. The van der Waals surface area contributed by atoms with Crippen LogP contribution in [-0.2, 0) is 9.53 Å². The Kier molecular flexibility index (Phi) is 5.30. The van der Waals surface area contributed by atoms with E-state index in [0.717, 1.165) is 5.56 Å². The number of nitrogens with zero attached hydrogens (tertiary/aromatic N) is 1. The van der Waals surface area contributed by atoms with Crippen LogP contribution in [0.4, 0.5) is 0 Å². The van der Waals surface area contributed by atoms with Crippen LogP contribution in [-0.4, -0.2) is 31.6 Å². The number of ketones is 1. The molecule has 0 N–H and O–H groups in total. The standard InChI is InChI=1S/C20H15NO5/c21-12-15-3-1-14(2-4-15)5-8-20(23)26-13-17(22)16-6-7-18-19(11-16)25-10-9-24-18/h1-8,11H,9-10,13H2/b8-5+. The Balaban J connectivity index is 1.54. The molecular formula is C20H15NO5. The van der Waals surface area contributed by atoms with Crippen molar-refractivity contribution in [1.29, 1.82) is 5.26 Å². The minimum Gasteiger partial charge on any atom is -0.486 e. The normalized spacial score (nSPS) is 12.4. The van der Waals surface area contributed by atoms with E-state index in [1.807, 2.05) is 6.07 Å². The molecule has 0 saturated heterocycles. The molecule has 0 atom stereocenters. The van der Waals surface area contributed by atoms with Crippen molar-refractivity contribution in [3.63, 3.8) is 0 Å². The van der Waals surface area contributed by atoms with Crippen molar-refractivity contribution in [3.8, 4) is 17.6 Å². The highest BCUT2D eigenvalue weighted by atomic mass is 16.6. The number of esters is 1. The highest BCUT2D eigenvalue weighted by Gasteiger charge is 2.15. The zero-order chi connectivity index (χ0) is 18.4. The number of nitriles is 1. The van der Waals surface area contributed by atoms with Crippen molar-refractivity contribution < 1.29 is 23.8 Å². The van der Waals surface area contributed by atoms with Gasteiger partial charge in [0.2, 0.25) is 0 Å². The van der Waals surface area contributed by atoms with Crippen molar-refractivity contribution in [1.82, 2.24) is 0 Å². The lowest BCUT2D eigenvalue weighted by molar-refractivity contribution is -0.136. The van der Waals surface area contributed by atoms with E-state index >= 15 is 0 Å². The summed E-state index contributed by atoms with van der Waals surface area (Å²) >= 11 is 0. The average Bonchev–Trinajstić information content (AvgIpc) is 2.70. The number of Topliss-reactive ketones (excluding diaryl/α,β-unsaturated/α-hetero) is 1. The van der Waals surface area contributed by atoms with E-state index in [0.29, 0.717) is 35.8 Å². The molecule has 0 aliphatic carbocycles. The minimum atomic E-state index is -0.625. The molecule has 0 fully saturated rings. The van der Waals surface area contributed by atoms with Gasteiger partial charge >= 0.3 is 5.97 Å². The largest absolute Gasteiger partial charge is 0.486 e. The van der Waals surface area contributed by atoms with Gasteiger partial charge in [-0.25, -0.2) is 4.79 Å². The fourth-order valence-corrected chi connectivity index (χ4v) is 2.32. The molecule has 0 bridgehead atoms. The third kappa shape index (κ3) is 4.28. The van der Waals surface area contributed by atoms with Crippen LogP contribution in [0.1, 0.15) is 21.5 Å². The van der Waals surface area contributed by atoms with Crippen LogP contribution in [0.15, 0.2) is 48.5 Å². The molecule has 0 saturated carbocycles. The summed E-state index contributed by atoms with van der Waals surface area (Å²) in [6.45, 7) is 0.541. The molecule has 1 aliphatic rings. The zero-order valence-corrected chi connectivity index (χ0v) is 13.8. The first kappa shape index (κ1) is 17.2. The number of fused-ring (bicyclic) bond motifs is 1. The maximum Gasteiger partial charge on any atom is 0.331 e. The fraction of sp³-hybridized carbons (Fsp3) is 0.150. The lowest BCUT2D eigenvalue weighted by atomic mass is 10.1. The molecule has 0 amide bonds. The number of hydrogen-bond acceptors (Lipinski definition) is 6. The topological polar surface area (TPSA) is 85.6 Å². The van der Waals surface area contributed by atoms with Gasteiger partial charge in [0.15, 0.2) is 23.9 Å². The second-order valence-corrected chi connectivity index (χ2v) is 5.46. The summed E-state index contributed by atoms with van der Waals surface area (Å²) in [5, 5.41) is 8.74. The van der Waals surface area contributed by atoms with Crippen LogP contribution in [0, 0.1) is 11.3 Å². The van der Waals surface area contributed by atoms with Crippen molar-refractivity contribution in [2.75, 3.05) is 19.8 Å². The summed E-state index contributed by atoms with van der Waals surface area (Å²) in [7, 11) is 0. The average molecular weight is 349 g/mol. The first-order chi connectivity index (χ1) is 12.7. The Morgan fingerprint density at radius 3 is 2.54 bits per heavy atom. The Hall–Kier alpha value is -3.59. The van der Waals surface area contributed by atoms with Crippen molar-refractivity contribution in [2.45, 2.75) is 0 Å². The lowest BCUT2D eigenvalue weighted by Gasteiger charge is -2.18. The Bertz CT molecular complexity index is 893. The van der Waals surface area contributed by atoms with E-state index in [1.54, 1.807) is 48.5 Å². The Morgan fingerprint density at radius 1 is 1.08 bits per heavy atom. The lowest BCUT2D eigenvalue weighted by Crippen LogP contribution is -2.17. The van der Waals surface area contributed by atoms with Crippen molar-refractivity contribution in [2.24, 2.45) is 0 Å². The molecule has 2 aromatic carbocycles. The van der Waals surface area contributed by atoms with Gasteiger partial charge < -0.3 is 14.2 Å². The molecule has 1 aliphatic heterocycles. The van der Waals surface area contributed by atoms with E-state index < -0.39 is 5.97 Å². The maximum absolute atomic E-state index is 12.2. The van der Waals surface area contributed by atoms with Crippen LogP contribution >= 0.6 is 0 Å². The number of carbonyl (C=O) groups excluding carboxylic acids is 2.